The average Bonchev–Trinajstić information content (AvgIpc) is 3.51. The maximum atomic E-state index is 15.5. The van der Waals surface area contributed by atoms with Gasteiger partial charge in [-0.3, -0.25) is 4.79 Å². The topological polar surface area (TPSA) is 88.1 Å². The molecule has 0 amide bonds. The fourth-order valence-electron chi connectivity index (χ4n) is 5.96. The van der Waals surface area contributed by atoms with Crippen molar-refractivity contribution in [3.8, 4) is 28.4 Å². The summed E-state index contributed by atoms with van der Waals surface area (Å²) in [7, 11) is -1.72. The highest BCUT2D eigenvalue weighted by molar-refractivity contribution is 7.90. The van der Waals surface area contributed by atoms with E-state index >= 15 is 8.78 Å². The molecule has 42 heavy (non-hydrogen) atoms. The quantitative estimate of drug-likeness (QED) is 0.203. The molecular formula is C32H34F2O7S. The number of benzene rings is 3. The number of sulfone groups is 1. The first-order valence-corrected chi connectivity index (χ1v) is 15.9. The van der Waals surface area contributed by atoms with E-state index in [9.17, 15) is 13.2 Å². The zero-order valence-electron chi connectivity index (χ0n) is 24.1. The standard InChI is InChI=1S/C32H34F2O7S/c1-18-12-22(39-10-5-11-42(4,36)37)13-19(2)30(18)32-24-8-9-27(31(24)25(33)16-26(32)34)41-21-6-7-23-20(14-29(35)38-3)17-40-28(23)15-21/h6-7,12-13,15-16,20,27H,5,8-11,14,17H2,1-4H3/t20?,27-/m1/s1. The number of ether oxygens (including phenoxy) is 4. The third-order valence-corrected chi connectivity index (χ3v) is 8.85. The van der Waals surface area contributed by atoms with Crippen molar-refractivity contribution in [2.75, 3.05) is 32.3 Å². The smallest absolute Gasteiger partial charge is 0.306 e. The van der Waals surface area contributed by atoms with Gasteiger partial charge in [0.05, 0.1) is 32.5 Å². The number of carbonyl (C=O) groups is 1. The normalized spacial score (nSPS) is 17.4. The molecule has 1 unspecified atom stereocenters. The van der Waals surface area contributed by atoms with Crippen molar-refractivity contribution in [2.45, 2.75) is 51.6 Å². The predicted octanol–water partition coefficient (Wildman–Crippen LogP) is 6.17. The van der Waals surface area contributed by atoms with Crippen LogP contribution in [0.25, 0.3) is 11.1 Å². The van der Waals surface area contributed by atoms with Gasteiger partial charge in [-0.25, -0.2) is 17.2 Å². The lowest BCUT2D eigenvalue weighted by atomic mass is 9.89. The van der Waals surface area contributed by atoms with Crippen LogP contribution in [0.5, 0.6) is 17.2 Å². The third kappa shape index (κ3) is 6.23. The summed E-state index contributed by atoms with van der Waals surface area (Å²) >= 11 is 0. The van der Waals surface area contributed by atoms with E-state index in [0.717, 1.165) is 22.8 Å². The molecule has 5 rings (SSSR count). The van der Waals surface area contributed by atoms with Gasteiger partial charge in [-0.15, -0.1) is 0 Å². The lowest BCUT2D eigenvalue weighted by molar-refractivity contribution is -0.141. The first kappa shape index (κ1) is 29.8. The number of aryl methyl sites for hydroxylation is 2. The predicted molar refractivity (Wildman–Crippen MR) is 154 cm³/mol. The molecular weight excluding hydrogens is 566 g/mol. The molecule has 224 valence electrons. The number of hydrogen-bond acceptors (Lipinski definition) is 7. The number of halogens is 2. The second-order valence-electron chi connectivity index (χ2n) is 11.0. The zero-order chi connectivity index (χ0) is 30.2. The average molecular weight is 601 g/mol. The van der Waals surface area contributed by atoms with Crippen LogP contribution in [0.4, 0.5) is 8.78 Å². The highest BCUT2D eigenvalue weighted by atomic mass is 32.2. The molecule has 10 heteroatoms. The molecule has 0 bridgehead atoms. The SMILES string of the molecule is COC(=O)CC1COc2cc(O[C@@H]3CCc4c(-c5c(C)cc(OCCCS(C)(=O)=O)cc5C)c(F)cc(F)c43)ccc21. The van der Waals surface area contributed by atoms with Gasteiger partial charge in [-0.05, 0) is 73.6 Å². The monoisotopic (exact) mass is 600 g/mol. The van der Waals surface area contributed by atoms with Gasteiger partial charge in [0.15, 0.2) is 0 Å². The van der Waals surface area contributed by atoms with Crippen molar-refractivity contribution in [1.82, 2.24) is 0 Å². The molecule has 2 atom stereocenters. The van der Waals surface area contributed by atoms with Gasteiger partial charge in [0, 0.05) is 41.0 Å². The fourth-order valence-corrected chi connectivity index (χ4v) is 6.60. The van der Waals surface area contributed by atoms with Gasteiger partial charge in [0.2, 0.25) is 0 Å². The van der Waals surface area contributed by atoms with E-state index in [4.69, 9.17) is 18.9 Å². The van der Waals surface area contributed by atoms with Crippen molar-refractivity contribution >= 4 is 15.8 Å². The molecule has 0 N–H and O–H groups in total. The molecule has 3 aromatic carbocycles. The van der Waals surface area contributed by atoms with Crippen molar-refractivity contribution in [1.29, 1.82) is 0 Å². The van der Waals surface area contributed by atoms with Crippen LogP contribution in [0.3, 0.4) is 0 Å². The number of methoxy groups -OCH3 is 1. The largest absolute Gasteiger partial charge is 0.494 e. The number of carbonyl (C=O) groups excluding carboxylic acids is 1. The number of rotatable bonds is 10. The molecule has 2 aliphatic rings. The minimum atomic E-state index is -3.07. The van der Waals surface area contributed by atoms with Gasteiger partial charge in [-0.2, -0.15) is 0 Å². The van der Waals surface area contributed by atoms with Crippen molar-refractivity contribution < 1.29 is 40.9 Å². The van der Waals surface area contributed by atoms with Crippen molar-refractivity contribution in [3.63, 3.8) is 0 Å². The Morgan fingerprint density at radius 3 is 2.45 bits per heavy atom. The van der Waals surface area contributed by atoms with E-state index in [2.05, 4.69) is 0 Å². The minimum absolute atomic E-state index is 0.0353. The molecule has 0 spiro atoms. The lowest BCUT2D eigenvalue weighted by Gasteiger charge is -2.20. The summed E-state index contributed by atoms with van der Waals surface area (Å²) in [5.74, 6) is 0.0176. The van der Waals surface area contributed by atoms with Crippen molar-refractivity contribution in [2.24, 2.45) is 0 Å². The lowest BCUT2D eigenvalue weighted by Crippen LogP contribution is -2.09. The summed E-state index contributed by atoms with van der Waals surface area (Å²) < 4.78 is 76.1. The molecule has 1 aliphatic heterocycles. The molecule has 0 fully saturated rings. The van der Waals surface area contributed by atoms with Crippen LogP contribution in [0, 0.1) is 25.5 Å². The molecule has 1 aliphatic carbocycles. The minimum Gasteiger partial charge on any atom is -0.494 e. The van der Waals surface area contributed by atoms with E-state index in [1.54, 1.807) is 24.3 Å². The Hall–Kier alpha value is -3.66. The van der Waals surface area contributed by atoms with E-state index < -0.39 is 27.6 Å². The van der Waals surface area contributed by atoms with Crippen LogP contribution >= 0.6 is 0 Å². The maximum Gasteiger partial charge on any atom is 0.306 e. The fraction of sp³-hybridized carbons (Fsp3) is 0.406. The van der Waals surface area contributed by atoms with E-state index in [-0.39, 0.29) is 30.7 Å². The van der Waals surface area contributed by atoms with Crippen molar-refractivity contribution in [3.05, 3.63) is 75.8 Å². The van der Waals surface area contributed by atoms with Gasteiger partial charge in [0.25, 0.3) is 0 Å². The molecule has 0 radical (unpaired) electrons. The molecule has 0 saturated carbocycles. The number of hydrogen-bond donors (Lipinski definition) is 0. The molecule has 7 nitrogen and oxygen atoms in total. The molecule has 0 aromatic heterocycles. The Balaban J connectivity index is 1.38. The summed E-state index contributed by atoms with van der Waals surface area (Å²) in [5.41, 5.74) is 4.39. The van der Waals surface area contributed by atoms with Crippen LogP contribution in [-0.2, 0) is 25.8 Å². The Kier molecular flexibility index (Phi) is 8.46. The molecule has 0 saturated heterocycles. The van der Waals surface area contributed by atoms with Crippen LogP contribution < -0.4 is 14.2 Å². The first-order chi connectivity index (χ1) is 19.9. The Morgan fingerprint density at radius 2 is 1.76 bits per heavy atom. The Bertz CT molecular complexity index is 1610. The van der Waals surface area contributed by atoms with Crippen LogP contribution in [-0.4, -0.2) is 46.7 Å². The van der Waals surface area contributed by atoms with Gasteiger partial charge in [-0.1, -0.05) is 6.07 Å². The van der Waals surface area contributed by atoms with Crippen LogP contribution in [0.2, 0.25) is 0 Å². The summed E-state index contributed by atoms with van der Waals surface area (Å²) in [6.07, 6.45) is 2.08. The van der Waals surface area contributed by atoms with Gasteiger partial charge in [0.1, 0.15) is 44.8 Å². The third-order valence-electron chi connectivity index (χ3n) is 7.82. The molecule has 1 heterocycles. The second kappa shape index (κ2) is 11.9. The Morgan fingerprint density at radius 1 is 1.02 bits per heavy atom. The van der Waals surface area contributed by atoms with E-state index in [0.29, 0.717) is 65.4 Å². The highest BCUT2D eigenvalue weighted by Crippen LogP contribution is 2.46. The van der Waals surface area contributed by atoms with E-state index in [1.807, 2.05) is 19.9 Å². The van der Waals surface area contributed by atoms with Gasteiger partial charge >= 0.3 is 5.97 Å². The first-order valence-electron chi connectivity index (χ1n) is 13.9. The number of esters is 1. The maximum absolute atomic E-state index is 15.5. The zero-order valence-corrected chi connectivity index (χ0v) is 24.9. The van der Waals surface area contributed by atoms with Gasteiger partial charge < -0.3 is 18.9 Å². The second-order valence-corrected chi connectivity index (χ2v) is 13.3. The van der Waals surface area contributed by atoms with E-state index in [1.165, 1.54) is 13.4 Å². The summed E-state index contributed by atoms with van der Waals surface area (Å²) in [6.45, 7) is 4.30. The number of fused-ring (bicyclic) bond motifs is 2. The summed E-state index contributed by atoms with van der Waals surface area (Å²) in [4.78, 5) is 11.7. The summed E-state index contributed by atoms with van der Waals surface area (Å²) in [5, 5.41) is 0. The van der Waals surface area contributed by atoms with Crippen LogP contribution in [0.15, 0.2) is 36.4 Å². The molecule has 3 aromatic rings. The summed E-state index contributed by atoms with van der Waals surface area (Å²) in [6, 6.07) is 9.88. The Labute approximate surface area is 244 Å². The highest BCUT2D eigenvalue weighted by Gasteiger charge is 2.34. The van der Waals surface area contributed by atoms with Crippen LogP contribution in [0.1, 0.15) is 59.1 Å².